The molecule has 1 aliphatic carbocycles. The highest BCUT2D eigenvalue weighted by molar-refractivity contribution is 6.35. The second-order valence-electron chi connectivity index (χ2n) is 7.50. The van der Waals surface area contributed by atoms with E-state index in [2.05, 4.69) is 5.32 Å². The van der Waals surface area contributed by atoms with Crippen LogP contribution in [0.15, 0.2) is 18.2 Å². The van der Waals surface area contributed by atoms with Gasteiger partial charge in [-0.3, -0.25) is 14.4 Å². The van der Waals surface area contributed by atoms with Gasteiger partial charge in [0, 0.05) is 44.2 Å². The van der Waals surface area contributed by atoms with Crippen molar-refractivity contribution in [2.75, 3.05) is 31.5 Å². The lowest BCUT2D eigenvalue weighted by atomic mass is 9.94. The van der Waals surface area contributed by atoms with Gasteiger partial charge in [-0.2, -0.15) is 0 Å². The largest absolute Gasteiger partial charge is 0.448 e. The van der Waals surface area contributed by atoms with Gasteiger partial charge in [0.25, 0.3) is 5.79 Å². The SMILES string of the molecule is CCN1CCN(CC(=O)Nc2ccc3c(c2)OC2(CCCCC2)O3)C(=O)C1=O. The Bertz CT molecular complexity index is 803. The molecule has 8 heteroatoms. The maximum atomic E-state index is 12.4. The first kappa shape index (κ1) is 18.6. The number of hydrogen-bond acceptors (Lipinski definition) is 5. The molecule has 28 heavy (non-hydrogen) atoms. The molecule has 0 atom stereocenters. The summed E-state index contributed by atoms with van der Waals surface area (Å²) in [7, 11) is 0. The number of fused-ring (bicyclic) bond motifs is 1. The standard InChI is InChI=1S/C20H25N3O5/c1-2-22-10-11-23(19(26)18(22)25)13-17(24)21-14-6-7-15-16(12-14)28-20(27-15)8-4-3-5-9-20/h6-7,12H,2-5,8-11,13H2,1H3,(H,21,24). The number of ether oxygens (including phenoxy) is 2. The Morgan fingerprint density at radius 1 is 1.04 bits per heavy atom. The number of benzene rings is 1. The highest BCUT2D eigenvalue weighted by atomic mass is 16.7. The summed E-state index contributed by atoms with van der Waals surface area (Å²) in [5.74, 6) is -0.776. The molecule has 1 aromatic carbocycles. The van der Waals surface area contributed by atoms with Crippen molar-refractivity contribution in [3.8, 4) is 11.5 Å². The van der Waals surface area contributed by atoms with E-state index in [0.717, 1.165) is 25.7 Å². The summed E-state index contributed by atoms with van der Waals surface area (Å²) in [5.41, 5.74) is 0.575. The van der Waals surface area contributed by atoms with Crippen LogP contribution in [-0.4, -0.2) is 59.5 Å². The molecule has 1 saturated heterocycles. The molecule has 2 aliphatic heterocycles. The van der Waals surface area contributed by atoms with Crippen LogP contribution in [0.5, 0.6) is 11.5 Å². The Kier molecular flexibility index (Phi) is 4.87. The van der Waals surface area contributed by atoms with Crippen LogP contribution in [0.2, 0.25) is 0 Å². The van der Waals surface area contributed by atoms with Crippen molar-refractivity contribution in [1.29, 1.82) is 0 Å². The van der Waals surface area contributed by atoms with Crippen LogP contribution in [0.3, 0.4) is 0 Å². The number of piperazine rings is 1. The summed E-state index contributed by atoms with van der Waals surface area (Å²) in [6.45, 7) is 2.96. The van der Waals surface area contributed by atoms with Crippen LogP contribution in [-0.2, 0) is 14.4 Å². The number of nitrogens with one attached hydrogen (secondary N) is 1. The Balaban J connectivity index is 1.37. The minimum Gasteiger partial charge on any atom is -0.448 e. The fourth-order valence-corrected chi connectivity index (χ4v) is 4.01. The van der Waals surface area contributed by atoms with Crippen LogP contribution >= 0.6 is 0 Å². The van der Waals surface area contributed by atoms with E-state index in [0.29, 0.717) is 36.8 Å². The lowest BCUT2D eigenvalue weighted by Crippen LogP contribution is -2.55. The first-order valence-corrected chi connectivity index (χ1v) is 9.90. The Morgan fingerprint density at radius 2 is 1.71 bits per heavy atom. The molecule has 0 aromatic heterocycles. The topological polar surface area (TPSA) is 88.2 Å². The normalized spacial score (nSPS) is 20.6. The number of hydrogen-bond donors (Lipinski definition) is 1. The Morgan fingerprint density at radius 3 is 2.46 bits per heavy atom. The zero-order valence-corrected chi connectivity index (χ0v) is 16.0. The summed E-state index contributed by atoms with van der Waals surface area (Å²) < 4.78 is 12.1. The number of carbonyl (C=O) groups is 3. The minimum absolute atomic E-state index is 0.152. The quantitative estimate of drug-likeness (QED) is 0.795. The van der Waals surface area contributed by atoms with E-state index in [4.69, 9.17) is 9.47 Å². The van der Waals surface area contributed by atoms with E-state index in [1.165, 1.54) is 16.2 Å². The van der Waals surface area contributed by atoms with Gasteiger partial charge in [0.2, 0.25) is 5.91 Å². The van der Waals surface area contributed by atoms with Gasteiger partial charge in [0.05, 0.1) is 0 Å². The molecule has 1 saturated carbocycles. The van der Waals surface area contributed by atoms with E-state index in [9.17, 15) is 14.4 Å². The second-order valence-corrected chi connectivity index (χ2v) is 7.50. The lowest BCUT2D eigenvalue weighted by Gasteiger charge is -2.32. The van der Waals surface area contributed by atoms with Gasteiger partial charge in [-0.25, -0.2) is 0 Å². The zero-order chi connectivity index (χ0) is 19.7. The number of rotatable bonds is 4. The van der Waals surface area contributed by atoms with Crippen LogP contribution in [0.25, 0.3) is 0 Å². The van der Waals surface area contributed by atoms with Crippen molar-refractivity contribution in [3.63, 3.8) is 0 Å². The molecule has 150 valence electrons. The molecule has 1 aromatic rings. The van der Waals surface area contributed by atoms with Crippen LogP contribution in [0.1, 0.15) is 39.0 Å². The molecule has 3 amide bonds. The van der Waals surface area contributed by atoms with Gasteiger partial charge in [0.1, 0.15) is 6.54 Å². The average Bonchev–Trinajstić information content (AvgIpc) is 3.02. The highest BCUT2D eigenvalue weighted by Crippen LogP contribution is 2.46. The third-order valence-corrected chi connectivity index (χ3v) is 5.55. The molecule has 0 unspecified atom stereocenters. The second kappa shape index (κ2) is 7.33. The van der Waals surface area contributed by atoms with Crippen molar-refractivity contribution < 1.29 is 23.9 Å². The molecule has 1 N–H and O–H groups in total. The molecule has 3 aliphatic rings. The van der Waals surface area contributed by atoms with Crippen molar-refractivity contribution in [2.24, 2.45) is 0 Å². The van der Waals surface area contributed by atoms with Crippen LogP contribution in [0, 0.1) is 0 Å². The first-order chi connectivity index (χ1) is 13.5. The maximum Gasteiger partial charge on any atom is 0.312 e. The van der Waals surface area contributed by atoms with E-state index < -0.39 is 17.6 Å². The monoisotopic (exact) mass is 387 g/mol. The van der Waals surface area contributed by atoms with E-state index in [-0.39, 0.29) is 12.5 Å². The van der Waals surface area contributed by atoms with E-state index >= 15 is 0 Å². The van der Waals surface area contributed by atoms with Gasteiger partial charge >= 0.3 is 11.8 Å². The Hall–Kier alpha value is -2.77. The molecule has 4 rings (SSSR count). The number of likely N-dealkylation sites (N-methyl/N-ethyl adjacent to an activating group) is 1. The zero-order valence-electron chi connectivity index (χ0n) is 16.0. The van der Waals surface area contributed by atoms with Gasteiger partial charge in [-0.15, -0.1) is 0 Å². The van der Waals surface area contributed by atoms with Crippen molar-refractivity contribution in [2.45, 2.75) is 44.8 Å². The van der Waals surface area contributed by atoms with Gasteiger partial charge in [-0.05, 0) is 31.9 Å². The highest BCUT2D eigenvalue weighted by Gasteiger charge is 2.42. The van der Waals surface area contributed by atoms with Crippen molar-refractivity contribution in [1.82, 2.24) is 9.80 Å². The van der Waals surface area contributed by atoms with Gasteiger partial charge in [0.15, 0.2) is 11.5 Å². The summed E-state index contributed by atoms with van der Waals surface area (Å²) in [4.78, 5) is 39.2. The summed E-state index contributed by atoms with van der Waals surface area (Å²) in [6.07, 6.45) is 5.08. The third kappa shape index (κ3) is 3.50. The molecular weight excluding hydrogens is 362 g/mol. The fraction of sp³-hybridized carbons (Fsp3) is 0.550. The molecule has 1 spiro atoms. The number of anilines is 1. The van der Waals surface area contributed by atoms with Gasteiger partial charge in [-0.1, -0.05) is 6.42 Å². The van der Waals surface area contributed by atoms with E-state index in [1.54, 1.807) is 18.2 Å². The number of amides is 3. The van der Waals surface area contributed by atoms with Crippen LogP contribution < -0.4 is 14.8 Å². The van der Waals surface area contributed by atoms with Crippen LogP contribution in [0.4, 0.5) is 5.69 Å². The lowest BCUT2D eigenvalue weighted by molar-refractivity contribution is -0.156. The van der Waals surface area contributed by atoms with Crippen molar-refractivity contribution in [3.05, 3.63) is 18.2 Å². The maximum absolute atomic E-state index is 12.4. The predicted octanol–water partition coefficient (Wildman–Crippen LogP) is 1.75. The smallest absolute Gasteiger partial charge is 0.312 e. The van der Waals surface area contributed by atoms with Gasteiger partial charge < -0.3 is 24.6 Å². The molecule has 2 fully saturated rings. The van der Waals surface area contributed by atoms with E-state index in [1.807, 2.05) is 6.92 Å². The molecule has 2 heterocycles. The fourth-order valence-electron chi connectivity index (χ4n) is 4.01. The Labute approximate surface area is 163 Å². The predicted molar refractivity (Wildman–Crippen MR) is 101 cm³/mol. The molecule has 0 bridgehead atoms. The first-order valence-electron chi connectivity index (χ1n) is 9.90. The summed E-state index contributed by atoms with van der Waals surface area (Å²) in [6, 6.07) is 5.30. The molecule has 8 nitrogen and oxygen atoms in total. The summed E-state index contributed by atoms with van der Waals surface area (Å²) >= 11 is 0. The summed E-state index contributed by atoms with van der Waals surface area (Å²) in [5, 5.41) is 2.78. The average molecular weight is 387 g/mol. The number of nitrogens with zero attached hydrogens (tertiary/aromatic N) is 2. The third-order valence-electron chi connectivity index (χ3n) is 5.55. The molecule has 0 radical (unpaired) electrons. The number of carbonyl (C=O) groups excluding carboxylic acids is 3. The van der Waals surface area contributed by atoms with Crippen molar-refractivity contribution >= 4 is 23.4 Å². The minimum atomic E-state index is -0.631. The molecular formula is C20H25N3O5.